The Labute approximate surface area is 219 Å². The van der Waals surface area contributed by atoms with E-state index in [2.05, 4.69) is 57.0 Å². The maximum Gasteiger partial charge on any atom is 0.332 e. The van der Waals surface area contributed by atoms with Crippen LogP contribution in [0.1, 0.15) is 11.4 Å². The van der Waals surface area contributed by atoms with Crippen molar-refractivity contribution in [2.24, 2.45) is 14.1 Å². The second kappa shape index (κ2) is 12.7. The van der Waals surface area contributed by atoms with Gasteiger partial charge in [0, 0.05) is 39.9 Å². The van der Waals surface area contributed by atoms with Gasteiger partial charge in [0.15, 0.2) is 5.65 Å². The molecule has 0 spiro atoms. The Bertz CT molecular complexity index is 1470. The summed E-state index contributed by atoms with van der Waals surface area (Å²) in [6.07, 6.45) is 1.51. The smallest absolute Gasteiger partial charge is 0.332 e. The fourth-order valence-corrected chi connectivity index (χ4v) is 3.69. The molecule has 0 radical (unpaired) electrons. The molecule has 0 saturated heterocycles. The van der Waals surface area contributed by atoms with Gasteiger partial charge in [0.2, 0.25) is 0 Å². The first kappa shape index (κ1) is 28.1. The molecule has 1 aromatic carbocycles. The van der Waals surface area contributed by atoms with Crippen LogP contribution in [0.25, 0.3) is 11.2 Å². The first-order valence-corrected chi connectivity index (χ1v) is 11.9. The molecule has 12 heteroatoms. The molecule has 3 heterocycles. The zero-order valence-corrected chi connectivity index (χ0v) is 22.2. The van der Waals surface area contributed by atoms with Gasteiger partial charge >= 0.3 is 11.7 Å². The van der Waals surface area contributed by atoms with Gasteiger partial charge in [-0.25, -0.2) is 14.8 Å². The van der Waals surface area contributed by atoms with Crippen molar-refractivity contribution in [2.75, 3.05) is 39.2 Å². The lowest BCUT2D eigenvalue weighted by Gasteiger charge is -2.25. The summed E-state index contributed by atoms with van der Waals surface area (Å²) in [5.74, 6) is 0.975. The molecule has 0 atom stereocenters. The van der Waals surface area contributed by atoms with Gasteiger partial charge in [0.25, 0.3) is 5.56 Å². The highest BCUT2D eigenvalue weighted by Gasteiger charge is 2.14. The summed E-state index contributed by atoms with van der Waals surface area (Å²) in [6, 6.07) is 14.2. The van der Waals surface area contributed by atoms with E-state index in [4.69, 9.17) is 9.84 Å². The summed E-state index contributed by atoms with van der Waals surface area (Å²) in [4.78, 5) is 49.4. The van der Waals surface area contributed by atoms with Crippen molar-refractivity contribution in [1.82, 2.24) is 29.0 Å². The molecule has 38 heavy (non-hydrogen) atoms. The number of carboxylic acid groups (broad SMARTS) is 1. The molecule has 0 saturated carbocycles. The van der Waals surface area contributed by atoms with E-state index < -0.39 is 17.2 Å². The van der Waals surface area contributed by atoms with Crippen molar-refractivity contribution >= 4 is 23.0 Å². The number of fused-ring (bicyclic) bond motifs is 1. The highest BCUT2D eigenvalue weighted by atomic mass is 16.5. The number of pyridine rings is 1. The van der Waals surface area contributed by atoms with Gasteiger partial charge in [-0.1, -0.05) is 18.2 Å². The number of aromatic nitrogens is 5. The number of aliphatic carboxylic acids is 1. The number of nitrogens with one attached hydrogen (secondary N) is 1. The van der Waals surface area contributed by atoms with Crippen LogP contribution in [0.3, 0.4) is 0 Å². The van der Waals surface area contributed by atoms with Crippen LogP contribution in [0.4, 0.5) is 5.82 Å². The third kappa shape index (κ3) is 7.07. The van der Waals surface area contributed by atoms with Crippen molar-refractivity contribution in [1.29, 1.82) is 0 Å². The SMILES string of the molecule is COc1ccc(CN(CCN(C)C)c2ccccn2)cc1.Cn1c(=O)c2[nH]c(CC(=O)O)nc2n(C)c1=O. The van der Waals surface area contributed by atoms with E-state index >= 15 is 0 Å². The number of likely N-dealkylation sites (N-methyl/N-ethyl adjacent to an activating group) is 1. The minimum absolute atomic E-state index is 0.130. The maximum atomic E-state index is 11.7. The van der Waals surface area contributed by atoms with Crippen LogP contribution in [-0.2, 0) is 31.9 Å². The number of nitrogens with zero attached hydrogens (tertiary/aromatic N) is 6. The summed E-state index contributed by atoms with van der Waals surface area (Å²) in [5, 5.41) is 8.63. The number of anilines is 1. The van der Waals surface area contributed by atoms with Crippen molar-refractivity contribution in [3.05, 3.63) is 80.9 Å². The molecule has 0 bridgehead atoms. The molecular weight excluding hydrogens is 490 g/mol. The molecule has 4 rings (SSSR count). The van der Waals surface area contributed by atoms with Crippen molar-refractivity contribution < 1.29 is 14.6 Å². The van der Waals surface area contributed by atoms with E-state index in [1.165, 1.54) is 24.2 Å². The fourth-order valence-electron chi connectivity index (χ4n) is 3.69. The fraction of sp³-hybridized carbons (Fsp3) is 0.346. The first-order chi connectivity index (χ1) is 18.1. The number of imidazole rings is 1. The second-order valence-corrected chi connectivity index (χ2v) is 8.92. The minimum atomic E-state index is -1.06. The highest BCUT2D eigenvalue weighted by molar-refractivity contribution is 5.73. The van der Waals surface area contributed by atoms with Gasteiger partial charge in [-0.2, -0.15) is 0 Å². The van der Waals surface area contributed by atoms with Crippen LogP contribution >= 0.6 is 0 Å². The number of hydrogen-bond donors (Lipinski definition) is 2. The zero-order valence-electron chi connectivity index (χ0n) is 22.2. The van der Waals surface area contributed by atoms with Crippen LogP contribution in [0.2, 0.25) is 0 Å². The summed E-state index contributed by atoms with van der Waals surface area (Å²) < 4.78 is 7.33. The number of aryl methyl sites for hydroxylation is 1. The Morgan fingerprint density at radius 3 is 2.34 bits per heavy atom. The van der Waals surface area contributed by atoms with E-state index in [0.717, 1.165) is 35.8 Å². The molecule has 0 aliphatic carbocycles. The maximum absolute atomic E-state index is 11.7. The van der Waals surface area contributed by atoms with Crippen LogP contribution in [0, 0.1) is 0 Å². The molecule has 0 amide bonds. The van der Waals surface area contributed by atoms with E-state index in [1.54, 1.807) is 7.11 Å². The highest BCUT2D eigenvalue weighted by Crippen LogP contribution is 2.17. The van der Waals surface area contributed by atoms with Gasteiger partial charge in [-0.05, 0) is 43.9 Å². The van der Waals surface area contributed by atoms with Gasteiger partial charge in [0.1, 0.15) is 29.3 Å². The van der Waals surface area contributed by atoms with Crippen LogP contribution < -0.4 is 20.9 Å². The summed E-state index contributed by atoms with van der Waals surface area (Å²) in [7, 11) is 8.68. The number of carbonyl (C=O) groups is 1. The average molecular weight is 524 g/mol. The Morgan fingerprint density at radius 2 is 1.76 bits per heavy atom. The van der Waals surface area contributed by atoms with Gasteiger partial charge in [0.05, 0.1) is 7.11 Å². The third-order valence-corrected chi connectivity index (χ3v) is 5.79. The quantitative estimate of drug-likeness (QED) is 0.332. The van der Waals surface area contributed by atoms with Gasteiger partial charge < -0.3 is 24.6 Å². The monoisotopic (exact) mass is 523 g/mol. The normalized spacial score (nSPS) is 10.8. The topological polar surface area (TPSA) is 139 Å². The van der Waals surface area contributed by atoms with Crippen molar-refractivity contribution in [3.63, 3.8) is 0 Å². The number of H-pyrrole nitrogens is 1. The number of methoxy groups -OCH3 is 1. The minimum Gasteiger partial charge on any atom is -0.497 e. The molecule has 4 aromatic rings. The predicted molar refractivity (Wildman–Crippen MR) is 145 cm³/mol. The predicted octanol–water partition coefficient (Wildman–Crippen LogP) is 1.25. The lowest BCUT2D eigenvalue weighted by atomic mass is 10.2. The number of hydrogen-bond acceptors (Lipinski definition) is 8. The lowest BCUT2D eigenvalue weighted by Crippen LogP contribution is -2.36. The number of benzene rings is 1. The Morgan fingerprint density at radius 1 is 1.05 bits per heavy atom. The molecule has 0 unspecified atom stereocenters. The zero-order chi connectivity index (χ0) is 27.8. The molecule has 0 aliphatic rings. The second-order valence-electron chi connectivity index (χ2n) is 8.92. The van der Waals surface area contributed by atoms with E-state index in [9.17, 15) is 14.4 Å². The molecule has 0 fully saturated rings. The standard InChI is InChI=1S/C17H23N3O.C9H10N4O4/c1-19(2)12-13-20(17-6-4-5-11-18-17)14-15-7-9-16(21-3)10-8-15;1-12-7-6(8(16)13(2)9(12)17)10-4(11-7)3-5(14)15/h4-11H,12-14H2,1-3H3;3H2,1-2H3,(H,10,11)(H,14,15). The molecule has 3 aromatic heterocycles. The van der Waals surface area contributed by atoms with Crippen LogP contribution in [0.5, 0.6) is 5.75 Å². The van der Waals surface area contributed by atoms with Crippen LogP contribution in [0.15, 0.2) is 58.3 Å². The van der Waals surface area contributed by atoms with E-state index in [1.807, 2.05) is 30.5 Å². The largest absolute Gasteiger partial charge is 0.497 e. The number of aromatic amines is 1. The Balaban J connectivity index is 0.000000215. The van der Waals surface area contributed by atoms with Crippen molar-refractivity contribution in [2.45, 2.75) is 13.0 Å². The lowest BCUT2D eigenvalue weighted by molar-refractivity contribution is -0.136. The average Bonchev–Trinajstić information content (AvgIpc) is 3.33. The van der Waals surface area contributed by atoms with Crippen molar-refractivity contribution in [3.8, 4) is 5.75 Å². The number of ether oxygens (including phenoxy) is 1. The van der Waals surface area contributed by atoms with E-state index in [0.29, 0.717) is 0 Å². The molecule has 12 nitrogen and oxygen atoms in total. The van der Waals surface area contributed by atoms with E-state index in [-0.39, 0.29) is 23.4 Å². The summed E-state index contributed by atoms with van der Waals surface area (Å²) in [6.45, 7) is 2.78. The third-order valence-electron chi connectivity index (χ3n) is 5.79. The molecular formula is C26H33N7O5. The molecule has 0 aliphatic heterocycles. The van der Waals surface area contributed by atoms with Crippen LogP contribution in [-0.4, -0.2) is 74.4 Å². The Hall–Kier alpha value is -4.45. The van der Waals surface area contributed by atoms with Gasteiger partial charge in [-0.15, -0.1) is 0 Å². The summed E-state index contributed by atoms with van der Waals surface area (Å²) >= 11 is 0. The van der Waals surface area contributed by atoms with Gasteiger partial charge in [-0.3, -0.25) is 18.7 Å². The number of carboxylic acids is 1. The molecule has 2 N–H and O–H groups in total. The number of rotatable bonds is 9. The summed E-state index contributed by atoms with van der Waals surface area (Å²) in [5.41, 5.74) is 0.517. The molecule has 202 valence electrons. The first-order valence-electron chi connectivity index (χ1n) is 11.9. The Kier molecular flexibility index (Phi) is 9.39.